The van der Waals surface area contributed by atoms with E-state index in [2.05, 4.69) is 5.32 Å². The van der Waals surface area contributed by atoms with Gasteiger partial charge in [0, 0.05) is 24.9 Å². The third-order valence-electron chi connectivity index (χ3n) is 6.80. The van der Waals surface area contributed by atoms with E-state index in [0.717, 1.165) is 21.5 Å². The summed E-state index contributed by atoms with van der Waals surface area (Å²) in [7, 11) is -3.90. The minimum absolute atomic E-state index is 0.0106. The monoisotopic (exact) mass is 575 g/mol. The molecule has 0 aliphatic carbocycles. The van der Waals surface area contributed by atoms with E-state index in [1.54, 1.807) is 30.3 Å². The first kappa shape index (κ1) is 29.7. The summed E-state index contributed by atoms with van der Waals surface area (Å²) in [6.45, 7) is 1.83. The molecule has 7 nitrogen and oxygen atoms in total. The van der Waals surface area contributed by atoms with Crippen molar-refractivity contribution in [1.29, 1.82) is 0 Å². The van der Waals surface area contributed by atoms with Crippen molar-refractivity contribution >= 4 is 38.3 Å². The van der Waals surface area contributed by atoms with Crippen molar-refractivity contribution in [1.82, 2.24) is 10.2 Å². The van der Waals surface area contributed by atoms with Crippen molar-refractivity contribution < 1.29 is 22.4 Å². The molecule has 1 atom stereocenters. The number of halogens is 1. The van der Waals surface area contributed by atoms with E-state index in [4.69, 9.17) is 0 Å². The minimum Gasteiger partial charge on any atom is -0.354 e. The van der Waals surface area contributed by atoms with Crippen LogP contribution in [0, 0.1) is 5.82 Å². The van der Waals surface area contributed by atoms with Crippen LogP contribution in [0.1, 0.15) is 24.5 Å². The van der Waals surface area contributed by atoms with Crippen LogP contribution in [0.4, 0.5) is 10.1 Å². The number of hydrogen-bond acceptors (Lipinski definition) is 4. The van der Waals surface area contributed by atoms with Gasteiger partial charge in [0.2, 0.25) is 21.8 Å². The highest BCUT2D eigenvalue weighted by Crippen LogP contribution is 2.29. The zero-order chi connectivity index (χ0) is 29.4. The van der Waals surface area contributed by atoms with Crippen LogP contribution in [-0.4, -0.2) is 50.5 Å². The fourth-order valence-corrected chi connectivity index (χ4v) is 5.59. The van der Waals surface area contributed by atoms with Gasteiger partial charge in [-0.3, -0.25) is 13.9 Å². The molecule has 0 saturated heterocycles. The van der Waals surface area contributed by atoms with Gasteiger partial charge in [-0.2, -0.15) is 0 Å². The third kappa shape index (κ3) is 7.70. The number of benzene rings is 4. The Morgan fingerprint density at radius 3 is 2.20 bits per heavy atom. The smallest absolute Gasteiger partial charge is 0.244 e. The van der Waals surface area contributed by atoms with E-state index in [9.17, 15) is 22.4 Å². The zero-order valence-electron chi connectivity index (χ0n) is 23.2. The first-order valence-electron chi connectivity index (χ1n) is 13.5. The van der Waals surface area contributed by atoms with Crippen LogP contribution in [0.3, 0.4) is 0 Å². The van der Waals surface area contributed by atoms with Gasteiger partial charge in [0.05, 0.1) is 11.9 Å². The highest BCUT2D eigenvalue weighted by atomic mass is 32.2. The van der Waals surface area contributed by atoms with E-state index in [-0.39, 0.29) is 18.9 Å². The Bertz CT molecular complexity index is 1590. The van der Waals surface area contributed by atoms with Gasteiger partial charge in [0.15, 0.2) is 0 Å². The number of fused-ring (bicyclic) bond motifs is 1. The lowest BCUT2D eigenvalue weighted by Gasteiger charge is -2.33. The maximum atomic E-state index is 14.2. The quantitative estimate of drug-likeness (QED) is 0.260. The van der Waals surface area contributed by atoms with Crippen LogP contribution in [-0.2, 0) is 32.6 Å². The normalized spacial score (nSPS) is 12.1. The molecule has 0 fully saturated rings. The van der Waals surface area contributed by atoms with E-state index < -0.39 is 34.3 Å². The molecule has 1 unspecified atom stereocenters. The average molecular weight is 576 g/mol. The number of sulfonamides is 1. The van der Waals surface area contributed by atoms with E-state index in [1.807, 2.05) is 61.5 Å². The van der Waals surface area contributed by atoms with Crippen LogP contribution in [0.2, 0.25) is 0 Å². The van der Waals surface area contributed by atoms with Crippen molar-refractivity contribution in [3.63, 3.8) is 0 Å². The Balaban J connectivity index is 1.76. The Morgan fingerprint density at radius 1 is 0.854 bits per heavy atom. The van der Waals surface area contributed by atoms with Gasteiger partial charge in [0.25, 0.3) is 0 Å². The van der Waals surface area contributed by atoms with E-state index in [1.165, 1.54) is 17.0 Å². The third-order valence-corrected chi connectivity index (χ3v) is 7.93. The van der Waals surface area contributed by atoms with Crippen molar-refractivity contribution in [3.8, 4) is 0 Å². The summed E-state index contributed by atoms with van der Waals surface area (Å²) >= 11 is 0. The second kappa shape index (κ2) is 13.4. The van der Waals surface area contributed by atoms with Crippen molar-refractivity contribution in [2.24, 2.45) is 0 Å². The van der Waals surface area contributed by atoms with Gasteiger partial charge in [-0.05, 0) is 41.1 Å². The standard InChI is InChI=1S/C32H34FN3O4S/c1-3-20-34-32(38)30(21-24-10-5-4-6-11-24)35(22-25-16-18-27(33)19-17-25)31(37)23-36(41(2,39)40)29-15-9-13-26-12-7-8-14-28(26)29/h4-19,30H,3,20-23H2,1-2H3,(H,34,38). The van der Waals surface area contributed by atoms with Crippen molar-refractivity contribution in [2.45, 2.75) is 32.4 Å². The molecule has 4 aromatic carbocycles. The molecule has 0 aliphatic heterocycles. The van der Waals surface area contributed by atoms with Crippen LogP contribution in [0.15, 0.2) is 97.1 Å². The van der Waals surface area contributed by atoms with E-state index in [0.29, 0.717) is 29.6 Å². The highest BCUT2D eigenvalue weighted by Gasteiger charge is 2.33. The lowest BCUT2D eigenvalue weighted by molar-refractivity contribution is -0.140. The molecule has 4 aromatic rings. The van der Waals surface area contributed by atoms with Crippen LogP contribution in [0.5, 0.6) is 0 Å². The first-order chi connectivity index (χ1) is 19.7. The fourth-order valence-electron chi connectivity index (χ4n) is 4.73. The van der Waals surface area contributed by atoms with Gasteiger partial charge in [0.1, 0.15) is 18.4 Å². The van der Waals surface area contributed by atoms with Crippen LogP contribution >= 0.6 is 0 Å². The molecule has 9 heteroatoms. The average Bonchev–Trinajstić information content (AvgIpc) is 2.97. The highest BCUT2D eigenvalue weighted by molar-refractivity contribution is 7.92. The number of rotatable bonds is 12. The molecule has 0 spiro atoms. The predicted octanol–water partition coefficient (Wildman–Crippen LogP) is 4.91. The largest absolute Gasteiger partial charge is 0.354 e. The molecule has 0 bridgehead atoms. The molecule has 41 heavy (non-hydrogen) atoms. The number of hydrogen-bond donors (Lipinski definition) is 1. The molecule has 0 aromatic heterocycles. The Morgan fingerprint density at radius 2 is 1.51 bits per heavy atom. The molecule has 0 saturated carbocycles. The zero-order valence-corrected chi connectivity index (χ0v) is 24.0. The molecular weight excluding hydrogens is 541 g/mol. The van der Waals surface area contributed by atoms with Crippen LogP contribution in [0.25, 0.3) is 10.8 Å². The maximum Gasteiger partial charge on any atom is 0.244 e. The van der Waals surface area contributed by atoms with Gasteiger partial charge in [-0.25, -0.2) is 12.8 Å². The molecule has 4 rings (SSSR count). The summed E-state index contributed by atoms with van der Waals surface area (Å²) in [6.07, 6.45) is 1.98. The van der Waals surface area contributed by atoms with Gasteiger partial charge < -0.3 is 10.2 Å². The van der Waals surface area contributed by atoms with Crippen LogP contribution < -0.4 is 9.62 Å². The number of carbonyl (C=O) groups excluding carboxylic acids is 2. The Kier molecular flexibility index (Phi) is 9.73. The number of amides is 2. The predicted molar refractivity (Wildman–Crippen MR) is 160 cm³/mol. The molecule has 214 valence electrons. The second-order valence-corrected chi connectivity index (χ2v) is 11.8. The minimum atomic E-state index is -3.90. The summed E-state index contributed by atoms with van der Waals surface area (Å²) in [4.78, 5) is 29.1. The molecule has 1 N–H and O–H groups in total. The van der Waals surface area contributed by atoms with Crippen molar-refractivity contribution in [2.75, 3.05) is 23.7 Å². The number of anilines is 1. The molecule has 0 aliphatic rings. The summed E-state index contributed by atoms with van der Waals surface area (Å²) in [5, 5.41) is 4.41. The Hall–Kier alpha value is -4.24. The van der Waals surface area contributed by atoms with Gasteiger partial charge in [-0.15, -0.1) is 0 Å². The van der Waals surface area contributed by atoms with Crippen molar-refractivity contribution in [3.05, 3.63) is 114 Å². The fraction of sp³-hybridized carbons (Fsp3) is 0.250. The topological polar surface area (TPSA) is 86.8 Å². The SMILES string of the molecule is CCCNC(=O)C(Cc1ccccc1)N(Cc1ccc(F)cc1)C(=O)CN(c1cccc2ccccc12)S(C)(=O)=O. The summed E-state index contributed by atoms with van der Waals surface area (Å²) < 4.78 is 41.0. The first-order valence-corrected chi connectivity index (χ1v) is 15.3. The summed E-state index contributed by atoms with van der Waals surface area (Å²) in [5.74, 6) is -1.32. The molecular formula is C32H34FN3O4S. The maximum absolute atomic E-state index is 14.2. The van der Waals surface area contributed by atoms with Gasteiger partial charge in [-0.1, -0.05) is 85.8 Å². The summed E-state index contributed by atoms with van der Waals surface area (Å²) in [5.41, 5.74) is 1.82. The molecule has 0 heterocycles. The second-order valence-electron chi connectivity index (χ2n) is 9.91. The number of nitrogens with zero attached hydrogens (tertiary/aromatic N) is 2. The van der Waals surface area contributed by atoms with E-state index >= 15 is 0 Å². The number of carbonyl (C=O) groups is 2. The summed E-state index contributed by atoms with van der Waals surface area (Å²) in [6, 6.07) is 26.7. The van der Waals surface area contributed by atoms with Gasteiger partial charge >= 0.3 is 0 Å². The molecule has 2 amide bonds. The number of nitrogens with one attached hydrogen (secondary N) is 1. The lowest BCUT2D eigenvalue weighted by atomic mass is 10.0. The molecule has 0 radical (unpaired) electrons. The Labute approximate surface area is 240 Å². The lowest BCUT2D eigenvalue weighted by Crippen LogP contribution is -2.53.